The number of hydrogen-bond donors (Lipinski definition) is 2. The molecule has 2 amide bonds. The van der Waals surface area contributed by atoms with E-state index in [9.17, 15) is 14.4 Å². The number of likely N-dealkylation sites (tertiary alicyclic amines) is 1. The minimum atomic E-state index is -1.13. The molecule has 2 N–H and O–H groups in total. The summed E-state index contributed by atoms with van der Waals surface area (Å²) in [6, 6.07) is -1.44. The third-order valence-electron chi connectivity index (χ3n) is 2.70. The molecule has 2 atom stereocenters. The topological polar surface area (TPSA) is 95.9 Å². The lowest BCUT2D eigenvalue weighted by Crippen LogP contribution is -2.44. The molecule has 0 aromatic carbocycles. The van der Waals surface area contributed by atoms with E-state index in [1.807, 2.05) is 0 Å². The maximum absolute atomic E-state index is 12.0. The van der Waals surface area contributed by atoms with Gasteiger partial charge in [0.1, 0.15) is 17.5 Å². The van der Waals surface area contributed by atoms with E-state index >= 15 is 0 Å². The number of amides is 2. The number of nitrogens with one attached hydrogen (secondary N) is 1. The van der Waals surface area contributed by atoms with E-state index < -0.39 is 35.7 Å². The van der Waals surface area contributed by atoms with E-state index in [0.29, 0.717) is 0 Å². The maximum Gasteiger partial charge on any atom is 0.411 e. The summed E-state index contributed by atoms with van der Waals surface area (Å²) in [5, 5.41) is 11.7. The number of rotatable bonds is 3. The first-order valence-corrected chi connectivity index (χ1v) is 6.75. The zero-order valence-corrected chi connectivity index (χ0v) is 12.4. The summed E-state index contributed by atoms with van der Waals surface area (Å²) in [6.45, 7) is 5.19. The van der Waals surface area contributed by atoms with Gasteiger partial charge in [0.05, 0.1) is 0 Å². The fraction of sp³-hybridized carbons (Fsp3) is 0.750. The lowest BCUT2D eigenvalue weighted by Gasteiger charge is -2.26. The number of ether oxygens (including phenoxy) is 1. The maximum atomic E-state index is 12.0. The second-order valence-electron chi connectivity index (χ2n) is 5.62. The highest BCUT2D eigenvalue weighted by atomic mass is 35.5. The number of hydrogen-bond acceptors (Lipinski definition) is 4. The van der Waals surface area contributed by atoms with Crippen LogP contribution in [0.3, 0.4) is 0 Å². The van der Waals surface area contributed by atoms with Crippen molar-refractivity contribution in [3.8, 4) is 0 Å². The SMILES string of the molecule is CC(C)(C)OC(=O)N1C[C@@H](NC(=O)CCl)C[C@H]1C(=O)O. The Balaban J connectivity index is 2.75. The molecule has 1 saturated heterocycles. The first-order valence-electron chi connectivity index (χ1n) is 6.22. The fourth-order valence-corrected chi connectivity index (χ4v) is 2.04. The first-order chi connectivity index (χ1) is 9.14. The van der Waals surface area contributed by atoms with E-state index in [0.717, 1.165) is 4.90 Å². The summed E-state index contributed by atoms with van der Waals surface area (Å²) < 4.78 is 5.17. The summed E-state index contributed by atoms with van der Waals surface area (Å²) in [7, 11) is 0. The van der Waals surface area contributed by atoms with Crippen LogP contribution in [-0.4, -0.2) is 58.1 Å². The number of nitrogens with zero attached hydrogens (tertiary/aromatic N) is 1. The molecule has 0 saturated carbocycles. The molecule has 114 valence electrons. The molecule has 20 heavy (non-hydrogen) atoms. The van der Waals surface area contributed by atoms with Gasteiger partial charge in [0.25, 0.3) is 0 Å². The van der Waals surface area contributed by atoms with Crippen LogP contribution >= 0.6 is 11.6 Å². The summed E-state index contributed by atoms with van der Waals surface area (Å²) in [5.41, 5.74) is -0.711. The Hall–Kier alpha value is -1.50. The number of aliphatic carboxylic acids is 1. The van der Waals surface area contributed by atoms with Crippen LogP contribution in [-0.2, 0) is 14.3 Å². The van der Waals surface area contributed by atoms with Gasteiger partial charge in [-0.15, -0.1) is 11.6 Å². The smallest absolute Gasteiger partial charge is 0.411 e. The zero-order valence-electron chi connectivity index (χ0n) is 11.7. The van der Waals surface area contributed by atoms with E-state index in [4.69, 9.17) is 21.4 Å². The second-order valence-corrected chi connectivity index (χ2v) is 5.89. The molecule has 0 aliphatic carbocycles. The molecule has 0 spiro atoms. The third-order valence-corrected chi connectivity index (χ3v) is 2.94. The van der Waals surface area contributed by atoms with Gasteiger partial charge in [-0.2, -0.15) is 0 Å². The summed E-state index contributed by atoms with van der Waals surface area (Å²) in [4.78, 5) is 35.5. The number of halogens is 1. The predicted octanol–water partition coefficient (Wildman–Crippen LogP) is 0.804. The largest absolute Gasteiger partial charge is 0.480 e. The standard InChI is InChI=1S/C12H19ClN2O5/c1-12(2,3)20-11(19)15-6-7(14-9(16)5-13)4-8(15)10(17)18/h7-8H,4-6H2,1-3H3,(H,14,16)(H,17,18)/t7-,8-/m0/s1. The van der Waals surface area contributed by atoms with Gasteiger partial charge in [-0.3, -0.25) is 9.69 Å². The van der Waals surface area contributed by atoms with Crippen LogP contribution in [0.5, 0.6) is 0 Å². The average molecular weight is 307 g/mol. The predicted molar refractivity (Wildman–Crippen MR) is 71.6 cm³/mol. The van der Waals surface area contributed by atoms with Gasteiger partial charge in [-0.25, -0.2) is 9.59 Å². The number of alkyl halides is 1. The lowest BCUT2D eigenvalue weighted by molar-refractivity contribution is -0.142. The molecule has 0 unspecified atom stereocenters. The van der Waals surface area contributed by atoms with Gasteiger partial charge in [0.2, 0.25) is 5.91 Å². The Morgan fingerprint density at radius 1 is 1.40 bits per heavy atom. The van der Waals surface area contributed by atoms with Crippen LogP contribution in [0, 0.1) is 0 Å². The van der Waals surface area contributed by atoms with Crippen molar-refractivity contribution < 1.29 is 24.2 Å². The highest BCUT2D eigenvalue weighted by molar-refractivity contribution is 6.27. The van der Waals surface area contributed by atoms with Gasteiger partial charge in [-0.1, -0.05) is 0 Å². The lowest BCUT2D eigenvalue weighted by atomic mass is 10.2. The van der Waals surface area contributed by atoms with E-state index in [1.165, 1.54) is 0 Å². The Bertz CT molecular complexity index is 407. The molecule has 8 heteroatoms. The molecule has 0 aromatic heterocycles. The number of carboxylic acid groups (broad SMARTS) is 1. The highest BCUT2D eigenvalue weighted by Gasteiger charge is 2.41. The van der Waals surface area contributed by atoms with E-state index in [1.54, 1.807) is 20.8 Å². The van der Waals surface area contributed by atoms with Crippen molar-refractivity contribution in [2.75, 3.05) is 12.4 Å². The first kappa shape index (κ1) is 16.6. The van der Waals surface area contributed by atoms with E-state index in [2.05, 4.69) is 5.32 Å². The van der Waals surface area contributed by atoms with Gasteiger partial charge >= 0.3 is 12.1 Å². The summed E-state index contributed by atoms with van der Waals surface area (Å²) in [5.74, 6) is -1.73. The van der Waals surface area contributed by atoms with Gasteiger partial charge in [0.15, 0.2) is 0 Å². The van der Waals surface area contributed by atoms with Crippen molar-refractivity contribution in [3.63, 3.8) is 0 Å². The van der Waals surface area contributed by atoms with Crippen molar-refractivity contribution >= 4 is 29.6 Å². The molecule has 0 aromatic rings. The number of carbonyl (C=O) groups excluding carboxylic acids is 2. The minimum absolute atomic E-state index is 0.0918. The van der Waals surface area contributed by atoms with Crippen LogP contribution in [0.4, 0.5) is 4.79 Å². The molecular weight excluding hydrogens is 288 g/mol. The minimum Gasteiger partial charge on any atom is -0.480 e. The molecule has 1 aliphatic heterocycles. The Labute approximate surface area is 122 Å². The fourth-order valence-electron chi connectivity index (χ4n) is 1.96. The molecule has 1 rings (SSSR count). The van der Waals surface area contributed by atoms with E-state index in [-0.39, 0.29) is 18.8 Å². The van der Waals surface area contributed by atoms with Crippen molar-refractivity contribution in [1.29, 1.82) is 0 Å². The van der Waals surface area contributed by atoms with Crippen LogP contribution < -0.4 is 5.32 Å². The van der Waals surface area contributed by atoms with Crippen LogP contribution in [0.1, 0.15) is 27.2 Å². The molecule has 0 radical (unpaired) electrons. The van der Waals surface area contributed by atoms with Gasteiger partial charge in [0, 0.05) is 19.0 Å². The highest BCUT2D eigenvalue weighted by Crippen LogP contribution is 2.21. The van der Waals surface area contributed by atoms with Crippen molar-refractivity contribution in [1.82, 2.24) is 10.2 Å². The average Bonchev–Trinajstić information content (AvgIpc) is 2.70. The Kier molecular flexibility index (Phi) is 5.21. The normalized spacial score (nSPS) is 22.5. The van der Waals surface area contributed by atoms with Crippen LogP contribution in [0.25, 0.3) is 0 Å². The van der Waals surface area contributed by atoms with Crippen LogP contribution in [0.15, 0.2) is 0 Å². The Morgan fingerprint density at radius 2 is 2.00 bits per heavy atom. The van der Waals surface area contributed by atoms with Gasteiger partial charge in [-0.05, 0) is 20.8 Å². The quantitative estimate of drug-likeness (QED) is 0.752. The molecule has 1 heterocycles. The second kappa shape index (κ2) is 6.30. The number of carbonyl (C=O) groups is 3. The van der Waals surface area contributed by atoms with Crippen molar-refractivity contribution in [3.05, 3.63) is 0 Å². The zero-order chi connectivity index (χ0) is 15.5. The molecule has 7 nitrogen and oxygen atoms in total. The monoisotopic (exact) mass is 306 g/mol. The van der Waals surface area contributed by atoms with Crippen molar-refractivity contribution in [2.45, 2.75) is 44.9 Å². The number of carboxylic acids is 1. The molecule has 1 fully saturated rings. The molecular formula is C12H19ClN2O5. The summed E-state index contributed by atoms with van der Waals surface area (Å²) in [6.07, 6.45) is -0.565. The third kappa shape index (κ3) is 4.56. The van der Waals surface area contributed by atoms with Crippen molar-refractivity contribution in [2.24, 2.45) is 0 Å². The molecule has 1 aliphatic rings. The molecule has 0 bridgehead atoms. The van der Waals surface area contributed by atoms with Gasteiger partial charge < -0.3 is 15.2 Å². The van der Waals surface area contributed by atoms with Crippen LogP contribution in [0.2, 0.25) is 0 Å². The Morgan fingerprint density at radius 3 is 2.45 bits per heavy atom. The summed E-state index contributed by atoms with van der Waals surface area (Å²) >= 11 is 5.38.